The number of phenols is 1. The summed E-state index contributed by atoms with van der Waals surface area (Å²) < 4.78 is 17.4. The molecule has 5 rings (SSSR count). The molecule has 7 nitrogen and oxygen atoms in total. The van der Waals surface area contributed by atoms with Crippen molar-refractivity contribution >= 4 is 17.3 Å². The predicted molar refractivity (Wildman–Crippen MR) is 152 cm³/mol. The summed E-state index contributed by atoms with van der Waals surface area (Å²) >= 11 is 6.51. The number of phenolic OH excluding ortho intramolecular Hbond substituents is 1. The molecule has 1 fully saturated rings. The largest absolute Gasteiger partial charge is 0.507 e. The lowest BCUT2D eigenvalue weighted by molar-refractivity contribution is 0.148. The van der Waals surface area contributed by atoms with Gasteiger partial charge in [-0.25, -0.2) is 13.8 Å². The van der Waals surface area contributed by atoms with E-state index < -0.39 is 5.82 Å². The number of aromatic hydroxyl groups is 1. The van der Waals surface area contributed by atoms with E-state index in [-0.39, 0.29) is 27.6 Å². The molecule has 0 aliphatic carbocycles. The highest BCUT2D eigenvalue weighted by Gasteiger charge is 2.25. The van der Waals surface area contributed by atoms with E-state index in [4.69, 9.17) is 11.6 Å². The zero-order chi connectivity index (χ0) is 27.9. The zero-order valence-corrected chi connectivity index (χ0v) is 23.3. The van der Waals surface area contributed by atoms with Crippen LogP contribution in [0.25, 0.3) is 27.9 Å². The summed E-state index contributed by atoms with van der Waals surface area (Å²) in [5.74, 6) is -0.577. The number of rotatable bonds is 4. The third kappa shape index (κ3) is 5.38. The van der Waals surface area contributed by atoms with E-state index in [1.54, 1.807) is 31.4 Å². The SMILES string of the molecule is Cn1c#cn(-c2ccc(-c3cc(F)cc(-c4cncc(N5CCCN(C(C)(C)C)CC5)c4)c3O)cc2Cl)c1=O. The van der Waals surface area contributed by atoms with E-state index in [1.807, 2.05) is 12.3 Å². The second-order valence-electron chi connectivity index (χ2n) is 10.8. The number of benzene rings is 2. The highest BCUT2D eigenvalue weighted by molar-refractivity contribution is 6.32. The molecule has 0 saturated carbocycles. The summed E-state index contributed by atoms with van der Waals surface area (Å²) in [5, 5.41) is 11.5. The van der Waals surface area contributed by atoms with Gasteiger partial charge in [-0.2, -0.15) is 0 Å². The number of halogens is 2. The van der Waals surface area contributed by atoms with Gasteiger partial charge in [-0.05, 0) is 63.1 Å². The molecule has 1 aliphatic rings. The monoisotopic (exact) mass is 547 g/mol. The third-order valence-corrected chi connectivity index (χ3v) is 7.53. The highest BCUT2D eigenvalue weighted by atomic mass is 35.5. The molecule has 3 heterocycles. The summed E-state index contributed by atoms with van der Waals surface area (Å²) in [4.78, 5) is 21.5. The normalized spacial score (nSPS) is 14.8. The smallest absolute Gasteiger partial charge is 0.347 e. The van der Waals surface area contributed by atoms with Gasteiger partial charge in [-0.3, -0.25) is 14.5 Å². The molecule has 0 bridgehead atoms. The molecule has 0 radical (unpaired) electrons. The van der Waals surface area contributed by atoms with Crippen LogP contribution in [0.2, 0.25) is 5.02 Å². The second-order valence-corrected chi connectivity index (χ2v) is 11.3. The summed E-state index contributed by atoms with van der Waals surface area (Å²) in [7, 11) is 1.57. The van der Waals surface area contributed by atoms with Crippen molar-refractivity contribution in [3.63, 3.8) is 0 Å². The van der Waals surface area contributed by atoms with Crippen LogP contribution < -0.4 is 10.6 Å². The number of nitrogens with zero attached hydrogens (tertiary/aromatic N) is 5. The molecule has 1 saturated heterocycles. The van der Waals surface area contributed by atoms with Crippen LogP contribution in [0.1, 0.15) is 27.2 Å². The summed E-state index contributed by atoms with van der Waals surface area (Å²) in [6, 6.07) is 9.44. The maximum atomic E-state index is 14.9. The summed E-state index contributed by atoms with van der Waals surface area (Å²) in [6.07, 6.45) is 9.86. The Bertz CT molecular complexity index is 1570. The van der Waals surface area contributed by atoms with Crippen LogP contribution >= 0.6 is 11.6 Å². The van der Waals surface area contributed by atoms with Crippen LogP contribution in [-0.4, -0.2) is 55.8 Å². The minimum absolute atomic E-state index is 0.0780. The number of pyridine rings is 1. The molecular formula is C30H31ClFN5O2. The van der Waals surface area contributed by atoms with Gasteiger partial charge in [0.15, 0.2) is 0 Å². The third-order valence-electron chi connectivity index (χ3n) is 7.23. The maximum Gasteiger partial charge on any atom is 0.347 e. The van der Waals surface area contributed by atoms with E-state index >= 15 is 0 Å². The maximum absolute atomic E-state index is 14.9. The molecule has 202 valence electrons. The average Bonchev–Trinajstić information content (AvgIpc) is 3.08. The first-order chi connectivity index (χ1) is 18.5. The van der Waals surface area contributed by atoms with Crippen LogP contribution in [0.5, 0.6) is 5.75 Å². The van der Waals surface area contributed by atoms with E-state index in [0.717, 1.165) is 38.3 Å². The minimum atomic E-state index is -0.499. The van der Waals surface area contributed by atoms with Gasteiger partial charge in [-0.1, -0.05) is 17.7 Å². The molecular weight excluding hydrogens is 517 g/mol. The van der Waals surface area contributed by atoms with E-state index in [1.165, 1.54) is 21.3 Å². The Hall–Kier alpha value is -3.80. The number of hydrogen-bond donors (Lipinski definition) is 1. The number of aromatic nitrogens is 3. The lowest BCUT2D eigenvalue weighted by Crippen LogP contribution is -2.43. The van der Waals surface area contributed by atoms with E-state index in [0.29, 0.717) is 22.4 Å². The van der Waals surface area contributed by atoms with Crippen LogP contribution in [0.3, 0.4) is 0 Å². The Balaban J connectivity index is 1.48. The van der Waals surface area contributed by atoms with Crippen LogP contribution in [0.15, 0.2) is 53.6 Å². The predicted octanol–water partition coefficient (Wildman–Crippen LogP) is 5.31. The van der Waals surface area contributed by atoms with Gasteiger partial charge in [0, 0.05) is 74.0 Å². The standard InChI is InChI=1S/C30H31ClFN5O2/c1-30(2,3)36-9-5-8-35(11-12-36)23-14-21(18-33-19-23)25-17-22(32)16-24(28(25)38)20-6-7-27(26(31)15-20)37-13-10-34(4)29(37)39/h6-7,14-19,38H,5,8-9,11-12H2,1-4H3. The van der Waals surface area contributed by atoms with E-state index in [9.17, 15) is 14.3 Å². The average molecular weight is 548 g/mol. The van der Waals surface area contributed by atoms with Crippen molar-refractivity contribution < 1.29 is 9.50 Å². The van der Waals surface area contributed by atoms with Gasteiger partial charge >= 0.3 is 5.69 Å². The molecule has 1 aliphatic heterocycles. The Morgan fingerprint density at radius 3 is 2.38 bits per heavy atom. The molecule has 9 heteroatoms. The van der Waals surface area contributed by atoms with Crippen molar-refractivity contribution in [2.24, 2.45) is 7.05 Å². The van der Waals surface area contributed by atoms with Crippen molar-refractivity contribution in [3.8, 4) is 33.7 Å². The fraction of sp³-hybridized carbons (Fsp3) is 0.333. The first-order valence-electron chi connectivity index (χ1n) is 12.9. The molecule has 0 atom stereocenters. The van der Waals surface area contributed by atoms with Gasteiger partial charge in [0.1, 0.15) is 11.6 Å². The van der Waals surface area contributed by atoms with Crippen molar-refractivity contribution in [2.75, 3.05) is 31.1 Å². The highest BCUT2D eigenvalue weighted by Crippen LogP contribution is 2.41. The Morgan fingerprint density at radius 1 is 0.974 bits per heavy atom. The molecule has 0 amide bonds. The topological polar surface area (TPSA) is 66.5 Å². The van der Waals surface area contributed by atoms with Crippen molar-refractivity contribution in [1.82, 2.24) is 19.0 Å². The fourth-order valence-electron chi connectivity index (χ4n) is 5.02. The molecule has 39 heavy (non-hydrogen) atoms. The Kier molecular flexibility index (Phi) is 7.15. The number of anilines is 1. The van der Waals surface area contributed by atoms with Gasteiger partial charge in [0.05, 0.1) is 22.6 Å². The molecule has 0 spiro atoms. The summed E-state index contributed by atoms with van der Waals surface area (Å²) in [6.45, 7) is 10.4. The first-order valence-corrected chi connectivity index (χ1v) is 13.3. The fourth-order valence-corrected chi connectivity index (χ4v) is 5.29. The number of hydrogen-bond acceptors (Lipinski definition) is 5. The molecule has 2 aromatic carbocycles. The van der Waals surface area contributed by atoms with Crippen molar-refractivity contribution in [2.45, 2.75) is 32.7 Å². The van der Waals surface area contributed by atoms with Crippen molar-refractivity contribution in [3.05, 3.63) is 82.5 Å². The van der Waals surface area contributed by atoms with Crippen LogP contribution in [0, 0.1) is 18.2 Å². The van der Waals surface area contributed by atoms with Crippen molar-refractivity contribution in [1.29, 1.82) is 0 Å². The molecule has 0 unspecified atom stereocenters. The van der Waals surface area contributed by atoms with Gasteiger partial charge in [-0.15, -0.1) is 0 Å². The lowest BCUT2D eigenvalue weighted by Gasteiger charge is -2.34. The first kappa shape index (κ1) is 26.8. The molecule has 4 aromatic rings. The van der Waals surface area contributed by atoms with Crippen LogP contribution in [-0.2, 0) is 7.05 Å². The lowest BCUT2D eigenvalue weighted by atomic mass is 9.97. The minimum Gasteiger partial charge on any atom is -0.507 e. The molecule has 2 aromatic heterocycles. The molecule has 1 N–H and O–H groups in total. The Labute approximate surface area is 232 Å². The summed E-state index contributed by atoms with van der Waals surface area (Å²) in [5.41, 5.74) is 2.86. The Morgan fingerprint density at radius 2 is 1.72 bits per heavy atom. The van der Waals surface area contributed by atoms with Gasteiger partial charge in [0.2, 0.25) is 0 Å². The van der Waals surface area contributed by atoms with Gasteiger partial charge < -0.3 is 10.0 Å². The zero-order valence-electron chi connectivity index (χ0n) is 22.5. The van der Waals surface area contributed by atoms with Gasteiger partial charge in [0.25, 0.3) is 0 Å². The van der Waals surface area contributed by atoms with Crippen LogP contribution in [0.4, 0.5) is 10.1 Å². The quantitative estimate of drug-likeness (QED) is 0.375. The van der Waals surface area contributed by atoms with E-state index in [2.05, 4.69) is 47.9 Å². The second kappa shape index (κ2) is 10.4.